The summed E-state index contributed by atoms with van der Waals surface area (Å²) in [6, 6.07) is 9.84. The van der Waals surface area contributed by atoms with Gasteiger partial charge < -0.3 is 0 Å². The van der Waals surface area contributed by atoms with Crippen LogP contribution >= 0.6 is 34.5 Å². The molecule has 0 radical (unpaired) electrons. The first kappa shape index (κ1) is 16.9. The van der Waals surface area contributed by atoms with Crippen molar-refractivity contribution in [1.82, 2.24) is 4.72 Å². The molecule has 7 heteroatoms. The van der Waals surface area contributed by atoms with Crippen molar-refractivity contribution >= 4 is 44.6 Å². The number of thiophene rings is 1. The monoisotopic (exact) mass is 401 g/mol. The lowest BCUT2D eigenvalue weighted by Gasteiger charge is -2.23. The highest BCUT2D eigenvalue weighted by atomic mass is 35.5. The Hall–Kier alpha value is -0.590. The van der Waals surface area contributed by atoms with Gasteiger partial charge in [0.15, 0.2) is 0 Å². The number of fused-ring (bicyclic) bond motifs is 3. The van der Waals surface area contributed by atoms with Crippen molar-refractivity contribution in [2.75, 3.05) is 0 Å². The van der Waals surface area contributed by atoms with Gasteiger partial charge in [-0.25, -0.2) is 13.1 Å². The molecule has 1 aromatic carbocycles. The van der Waals surface area contributed by atoms with Crippen molar-refractivity contribution in [2.45, 2.75) is 36.6 Å². The predicted molar refractivity (Wildman–Crippen MR) is 98.5 cm³/mol. The molecule has 4 rings (SSSR count). The Balaban J connectivity index is 1.63. The molecule has 24 heavy (non-hydrogen) atoms. The number of hydrogen-bond donors (Lipinski definition) is 1. The molecule has 3 nitrogen and oxygen atoms in total. The molecule has 1 aromatic heterocycles. The fourth-order valence-corrected chi connectivity index (χ4v) is 7.62. The summed E-state index contributed by atoms with van der Waals surface area (Å²) < 4.78 is 29.1. The summed E-state index contributed by atoms with van der Waals surface area (Å²) in [4.78, 5) is 0.0975. The molecule has 1 saturated carbocycles. The highest BCUT2D eigenvalue weighted by Gasteiger charge is 2.41. The van der Waals surface area contributed by atoms with Crippen LogP contribution in [0.5, 0.6) is 0 Å². The van der Waals surface area contributed by atoms with Gasteiger partial charge in [0.05, 0.1) is 4.34 Å². The van der Waals surface area contributed by atoms with Crippen molar-refractivity contribution in [3.8, 4) is 0 Å². The fourth-order valence-electron chi connectivity index (χ4n) is 4.09. The first-order chi connectivity index (χ1) is 11.4. The zero-order chi connectivity index (χ0) is 16.9. The van der Waals surface area contributed by atoms with Gasteiger partial charge in [-0.2, -0.15) is 0 Å². The van der Waals surface area contributed by atoms with E-state index in [4.69, 9.17) is 23.2 Å². The molecule has 1 N–H and O–H groups in total. The van der Waals surface area contributed by atoms with Crippen molar-refractivity contribution < 1.29 is 8.42 Å². The average Bonchev–Trinajstić information content (AvgIpc) is 2.99. The highest BCUT2D eigenvalue weighted by molar-refractivity contribution is 7.89. The van der Waals surface area contributed by atoms with E-state index in [1.807, 2.05) is 0 Å². The largest absolute Gasteiger partial charge is 0.243 e. The van der Waals surface area contributed by atoms with Gasteiger partial charge in [-0.15, -0.1) is 11.3 Å². The van der Waals surface area contributed by atoms with Crippen molar-refractivity contribution in [3.05, 3.63) is 50.1 Å². The van der Waals surface area contributed by atoms with Gasteiger partial charge in [-0.3, -0.25) is 0 Å². The third-order valence-corrected chi connectivity index (χ3v) is 8.43. The van der Waals surface area contributed by atoms with Crippen LogP contribution in [-0.2, 0) is 22.9 Å². The minimum atomic E-state index is -3.66. The van der Waals surface area contributed by atoms with E-state index in [2.05, 4.69) is 29.0 Å². The molecule has 0 amide bonds. The summed E-state index contributed by atoms with van der Waals surface area (Å²) in [7, 11) is -3.66. The van der Waals surface area contributed by atoms with Crippen LogP contribution in [-0.4, -0.2) is 14.5 Å². The van der Waals surface area contributed by atoms with Gasteiger partial charge in [0.2, 0.25) is 10.0 Å². The van der Waals surface area contributed by atoms with Crippen LogP contribution in [0.2, 0.25) is 8.67 Å². The Morgan fingerprint density at radius 2 is 1.62 bits per heavy atom. The number of hydrogen-bond acceptors (Lipinski definition) is 3. The smallest absolute Gasteiger partial charge is 0.207 e. The Labute approximate surface area is 156 Å². The van der Waals surface area contributed by atoms with Crippen molar-refractivity contribution in [3.63, 3.8) is 0 Å². The minimum Gasteiger partial charge on any atom is -0.207 e. The van der Waals surface area contributed by atoms with Crippen LogP contribution in [0.4, 0.5) is 0 Å². The third kappa shape index (κ3) is 3.01. The molecule has 0 aliphatic heterocycles. The second kappa shape index (κ2) is 6.29. The normalized spacial score (nSPS) is 26.2. The zero-order valence-electron chi connectivity index (χ0n) is 12.8. The molecule has 128 valence electrons. The molecule has 2 aliphatic rings. The molecule has 2 bridgehead atoms. The number of halogens is 2. The Morgan fingerprint density at radius 3 is 2.12 bits per heavy atom. The van der Waals surface area contributed by atoms with Crippen molar-refractivity contribution in [2.24, 2.45) is 11.8 Å². The molecule has 1 heterocycles. The van der Waals surface area contributed by atoms with E-state index < -0.39 is 10.0 Å². The Bertz CT molecular complexity index is 845. The molecule has 2 unspecified atom stereocenters. The van der Waals surface area contributed by atoms with Gasteiger partial charge in [-0.1, -0.05) is 47.5 Å². The zero-order valence-corrected chi connectivity index (χ0v) is 16.0. The van der Waals surface area contributed by atoms with Gasteiger partial charge in [0, 0.05) is 6.04 Å². The molecule has 0 saturated heterocycles. The average molecular weight is 402 g/mol. The molecular formula is C17H17Cl2NO2S2. The third-order valence-electron chi connectivity index (χ3n) is 5.21. The second-order valence-electron chi connectivity index (χ2n) is 6.61. The van der Waals surface area contributed by atoms with E-state index in [1.165, 1.54) is 17.2 Å². The summed E-state index contributed by atoms with van der Waals surface area (Å²) in [6.45, 7) is 0. The number of rotatable bonds is 3. The van der Waals surface area contributed by atoms with Crippen LogP contribution in [0.25, 0.3) is 0 Å². The Kier molecular flexibility index (Phi) is 4.42. The number of sulfonamides is 1. The number of benzene rings is 1. The summed E-state index contributed by atoms with van der Waals surface area (Å²) >= 11 is 13.0. The molecule has 2 aliphatic carbocycles. The summed E-state index contributed by atoms with van der Waals surface area (Å²) in [5.74, 6) is 0.669. The summed E-state index contributed by atoms with van der Waals surface area (Å²) in [5.41, 5.74) is 2.70. The first-order valence-corrected chi connectivity index (χ1v) is 11.0. The van der Waals surface area contributed by atoms with E-state index in [9.17, 15) is 8.42 Å². The molecule has 2 aromatic rings. The highest BCUT2D eigenvalue weighted by Crippen LogP contribution is 2.41. The van der Waals surface area contributed by atoms with Crippen LogP contribution in [0.1, 0.15) is 24.0 Å². The van der Waals surface area contributed by atoms with E-state index in [0.29, 0.717) is 16.2 Å². The van der Waals surface area contributed by atoms with E-state index in [1.54, 1.807) is 0 Å². The SMILES string of the molecule is O=S(=O)(NC1C2CCC1Cc1ccccc1C2)c1cc(Cl)sc1Cl. The Morgan fingerprint density at radius 1 is 1.04 bits per heavy atom. The maximum atomic E-state index is 12.8. The van der Waals surface area contributed by atoms with Crippen molar-refractivity contribution in [1.29, 1.82) is 0 Å². The molecule has 2 atom stereocenters. The summed E-state index contributed by atoms with van der Waals surface area (Å²) in [6.07, 6.45) is 3.98. The lowest BCUT2D eigenvalue weighted by molar-refractivity contribution is 0.386. The van der Waals surface area contributed by atoms with Crippen LogP contribution in [0, 0.1) is 11.8 Å². The minimum absolute atomic E-state index is 0.0443. The lowest BCUT2D eigenvalue weighted by atomic mass is 9.94. The topological polar surface area (TPSA) is 46.2 Å². The fraction of sp³-hybridized carbons (Fsp3) is 0.412. The molecular weight excluding hydrogens is 385 g/mol. The van der Waals surface area contributed by atoms with Crippen LogP contribution in [0.3, 0.4) is 0 Å². The van der Waals surface area contributed by atoms with Gasteiger partial charge in [-0.05, 0) is 54.7 Å². The quantitative estimate of drug-likeness (QED) is 0.820. The summed E-state index contributed by atoms with van der Waals surface area (Å²) in [5, 5.41) is 0. The lowest BCUT2D eigenvalue weighted by Crippen LogP contribution is -2.41. The van der Waals surface area contributed by atoms with E-state index >= 15 is 0 Å². The van der Waals surface area contributed by atoms with Gasteiger partial charge in [0.25, 0.3) is 0 Å². The van der Waals surface area contributed by atoms with Gasteiger partial charge in [0.1, 0.15) is 9.23 Å². The first-order valence-electron chi connectivity index (χ1n) is 7.98. The van der Waals surface area contributed by atoms with Crippen LogP contribution in [0.15, 0.2) is 35.2 Å². The van der Waals surface area contributed by atoms with E-state index in [0.717, 1.165) is 37.0 Å². The molecule has 0 spiro atoms. The maximum Gasteiger partial charge on any atom is 0.243 e. The van der Waals surface area contributed by atoms with Gasteiger partial charge >= 0.3 is 0 Å². The standard InChI is InChI=1S/C17H17Cl2NO2S2/c18-15-9-14(17(19)23-15)24(21,22)20-16-12-5-6-13(16)8-11-4-2-1-3-10(11)7-12/h1-4,9,12-13,16,20H,5-8H2. The van der Waals surface area contributed by atoms with E-state index in [-0.39, 0.29) is 15.3 Å². The number of nitrogens with one attached hydrogen (secondary N) is 1. The second-order valence-corrected chi connectivity index (χ2v) is 10.6. The maximum absolute atomic E-state index is 12.8. The van der Waals surface area contributed by atoms with Crippen LogP contribution < -0.4 is 4.72 Å². The predicted octanol–water partition coefficient (Wildman–Crippen LogP) is 4.53. The molecule has 1 fully saturated rings.